The second-order valence-corrected chi connectivity index (χ2v) is 7.64. The van der Waals surface area contributed by atoms with Crippen molar-refractivity contribution in [2.75, 3.05) is 6.54 Å². The van der Waals surface area contributed by atoms with Crippen LogP contribution in [0.2, 0.25) is 0 Å². The van der Waals surface area contributed by atoms with Crippen LogP contribution in [0.15, 0.2) is 29.2 Å². The molecule has 1 N–H and O–H groups in total. The summed E-state index contributed by atoms with van der Waals surface area (Å²) < 4.78 is 26.3. The zero-order valence-corrected chi connectivity index (χ0v) is 13.4. The molecule has 0 aliphatic heterocycles. The Morgan fingerprint density at radius 1 is 1.22 bits per heavy atom. The molecule has 0 fully saturated rings. The molecule has 0 saturated heterocycles. The van der Waals surface area contributed by atoms with Crippen molar-refractivity contribution in [2.24, 2.45) is 0 Å². The molecule has 0 saturated carbocycles. The van der Waals surface area contributed by atoms with Crippen LogP contribution in [0, 0.1) is 0 Å². The van der Waals surface area contributed by atoms with Gasteiger partial charge in [-0.2, -0.15) is 0 Å². The molecule has 3 nitrogen and oxygen atoms in total. The van der Waals surface area contributed by atoms with Crippen molar-refractivity contribution in [3.05, 3.63) is 29.8 Å². The highest BCUT2D eigenvalue weighted by Crippen LogP contribution is 2.25. The smallest absolute Gasteiger partial charge is 0.211 e. The fourth-order valence-electron chi connectivity index (χ4n) is 1.54. The third-order valence-corrected chi connectivity index (χ3v) is 5.22. The normalized spacial score (nSPS) is 15.3. The van der Waals surface area contributed by atoms with Crippen molar-refractivity contribution in [1.82, 2.24) is 4.72 Å². The van der Waals surface area contributed by atoms with E-state index in [1.807, 2.05) is 19.1 Å². The van der Waals surface area contributed by atoms with E-state index in [0.717, 1.165) is 12.0 Å². The highest BCUT2D eigenvalue weighted by molar-refractivity contribution is 9.09. The minimum Gasteiger partial charge on any atom is -0.211 e. The van der Waals surface area contributed by atoms with Crippen LogP contribution in [-0.4, -0.2) is 19.8 Å². The molecule has 102 valence electrons. The van der Waals surface area contributed by atoms with E-state index in [9.17, 15) is 8.42 Å². The van der Waals surface area contributed by atoms with Gasteiger partial charge >= 0.3 is 0 Å². The number of rotatable bonds is 6. The minimum absolute atomic E-state index is 0.328. The van der Waals surface area contributed by atoms with Crippen LogP contribution in [0.4, 0.5) is 0 Å². The number of sulfonamides is 1. The van der Waals surface area contributed by atoms with Gasteiger partial charge in [-0.05, 0) is 30.0 Å². The third-order valence-electron chi connectivity index (χ3n) is 2.95. The van der Waals surface area contributed by atoms with Crippen LogP contribution in [-0.2, 0) is 10.0 Å². The van der Waals surface area contributed by atoms with Gasteiger partial charge in [0.15, 0.2) is 0 Å². The molecule has 1 aromatic carbocycles. The van der Waals surface area contributed by atoms with E-state index in [2.05, 4.69) is 34.5 Å². The standard InChI is InChI=1S/C13H20BrNO2S/c1-4-9-15-18(16,17)13-7-5-12(6-8-13)10(2)11(3)14/h5-8,10-11,15H,4,9H2,1-3H3. The van der Waals surface area contributed by atoms with Crippen molar-refractivity contribution in [3.8, 4) is 0 Å². The fraction of sp³-hybridized carbons (Fsp3) is 0.538. The van der Waals surface area contributed by atoms with E-state index in [0.29, 0.717) is 22.2 Å². The first-order valence-electron chi connectivity index (χ1n) is 6.12. The SMILES string of the molecule is CCCNS(=O)(=O)c1ccc(C(C)C(C)Br)cc1. The summed E-state index contributed by atoms with van der Waals surface area (Å²) in [5.41, 5.74) is 1.13. The first-order valence-corrected chi connectivity index (χ1v) is 8.52. The number of halogens is 1. The molecule has 18 heavy (non-hydrogen) atoms. The average molecular weight is 334 g/mol. The summed E-state index contributed by atoms with van der Waals surface area (Å²) in [7, 11) is -3.35. The Morgan fingerprint density at radius 2 is 1.78 bits per heavy atom. The van der Waals surface area contributed by atoms with Gasteiger partial charge in [0.05, 0.1) is 4.90 Å². The molecule has 0 aliphatic rings. The molecule has 0 amide bonds. The highest BCUT2D eigenvalue weighted by atomic mass is 79.9. The van der Waals surface area contributed by atoms with Crippen molar-refractivity contribution < 1.29 is 8.42 Å². The largest absolute Gasteiger partial charge is 0.240 e. The Hall–Kier alpha value is -0.390. The second kappa shape index (κ2) is 6.68. The summed E-state index contributed by atoms with van der Waals surface area (Å²) in [6, 6.07) is 7.09. The molecule has 1 rings (SSSR count). The van der Waals surface area contributed by atoms with Crippen LogP contribution in [0.3, 0.4) is 0 Å². The maximum Gasteiger partial charge on any atom is 0.240 e. The Kier molecular flexibility index (Phi) is 5.82. The zero-order valence-electron chi connectivity index (χ0n) is 11.0. The molecule has 0 heterocycles. The van der Waals surface area contributed by atoms with Crippen LogP contribution < -0.4 is 4.72 Å². The van der Waals surface area contributed by atoms with Gasteiger partial charge in [0.2, 0.25) is 10.0 Å². The highest BCUT2D eigenvalue weighted by Gasteiger charge is 2.15. The third kappa shape index (κ3) is 4.07. The average Bonchev–Trinajstić information content (AvgIpc) is 2.35. The molecule has 0 aromatic heterocycles. The van der Waals surface area contributed by atoms with Crippen LogP contribution in [0.25, 0.3) is 0 Å². The van der Waals surface area contributed by atoms with E-state index in [1.165, 1.54) is 0 Å². The molecular formula is C13H20BrNO2S. The Balaban J connectivity index is 2.89. The van der Waals surface area contributed by atoms with E-state index in [1.54, 1.807) is 12.1 Å². The lowest BCUT2D eigenvalue weighted by Crippen LogP contribution is -2.24. The fourth-order valence-corrected chi connectivity index (χ4v) is 2.97. The summed E-state index contributed by atoms with van der Waals surface area (Å²) in [4.78, 5) is 0.687. The molecule has 2 atom stereocenters. The van der Waals surface area contributed by atoms with Gasteiger partial charge in [-0.1, -0.05) is 48.8 Å². The predicted octanol–water partition coefficient (Wildman–Crippen LogP) is 3.26. The first-order chi connectivity index (χ1) is 8.38. The van der Waals surface area contributed by atoms with E-state index in [4.69, 9.17) is 0 Å². The van der Waals surface area contributed by atoms with Crippen molar-refractivity contribution in [3.63, 3.8) is 0 Å². The molecular weight excluding hydrogens is 314 g/mol. The van der Waals surface area contributed by atoms with Crippen molar-refractivity contribution in [2.45, 2.75) is 42.8 Å². The lowest BCUT2D eigenvalue weighted by atomic mass is 9.99. The van der Waals surface area contributed by atoms with Gasteiger partial charge in [-0.25, -0.2) is 13.1 Å². The zero-order chi connectivity index (χ0) is 13.8. The molecule has 5 heteroatoms. The minimum atomic E-state index is -3.35. The van der Waals surface area contributed by atoms with Gasteiger partial charge < -0.3 is 0 Å². The maximum atomic E-state index is 11.9. The molecule has 0 spiro atoms. The summed E-state index contributed by atoms with van der Waals surface area (Å²) >= 11 is 3.54. The lowest BCUT2D eigenvalue weighted by Gasteiger charge is -2.15. The monoisotopic (exact) mass is 333 g/mol. The first kappa shape index (κ1) is 15.7. The molecule has 0 aliphatic carbocycles. The number of hydrogen-bond acceptors (Lipinski definition) is 2. The number of hydrogen-bond donors (Lipinski definition) is 1. The Labute approximate surface area is 118 Å². The van der Waals surface area contributed by atoms with Crippen LogP contribution >= 0.6 is 15.9 Å². The molecule has 1 aromatic rings. The van der Waals surface area contributed by atoms with Gasteiger partial charge in [0.25, 0.3) is 0 Å². The number of nitrogens with one attached hydrogen (secondary N) is 1. The Bertz CT molecular complexity index is 468. The summed E-state index contributed by atoms with van der Waals surface area (Å²) in [6.07, 6.45) is 0.787. The lowest BCUT2D eigenvalue weighted by molar-refractivity contribution is 0.580. The number of alkyl halides is 1. The number of benzene rings is 1. The Morgan fingerprint density at radius 3 is 2.22 bits per heavy atom. The molecule has 0 bridgehead atoms. The van der Waals surface area contributed by atoms with Crippen LogP contribution in [0.5, 0.6) is 0 Å². The quantitative estimate of drug-likeness (QED) is 0.812. The summed E-state index contributed by atoms with van der Waals surface area (Å²) in [6.45, 7) is 6.60. The van der Waals surface area contributed by atoms with Gasteiger partial charge in [-0.15, -0.1) is 0 Å². The van der Waals surface area contributed by atoms with Gasteiger partial charge in [0, 0.05) is 11.4 Å². The maximum absolute atomic E-state index is 11.9. The van der Waals surface area contributed by atoms with E-state index in [-0.39, 0.29) is 0 Å². The molecule has 2 unspecified atom stereocenters. The topological polar surface area (TPSA) is 46.2 Å². The van der Waals surface area contributed by atoms with Gasteiger partial charge in [0.1, 0.15) is 0 Å². The van der Waals surface area contributed by atoms with E-state index >= 15 is 0 Å². The predicted molar refractivity (Wildman–Crippen MR) is 78.7 cm³/mol. The van der Waals surface area contributed by atoms with E-state index < -0.39 is 10.0 Å². The molecule has 0 radical (unpaired) electrons. The van der Waals surface area contributed by atoms with Crippen LogP contribution in [0.1, 0.15) is 38.7 Å². The van der Waals surface area contributed by atoms with Gasteiger partial charge in [-0.3, -0.25) is 0 Å². The second-order valence-electron chi connectivity index (χ2n) is 4.43. The summed E-state index contributed by atoms with van der Waals surface area (Å²) in [5.74, 6) is 0.352. The summed E-state index contributed by atoms with van der Waals surface area (Å²) in [5, 5.41) is 0. The van der Waals surface area contributed by atoms with Crippen molar-refractivity contribution >= 4 is 26.0 Å². The van der Waals surface area contributed by atoms with Crippen molar-refractivity contribution in [1.29, 1.82) is 0 Å².